The van der Waals surface area contributed by atoms with Crippen LogP contribution in [0.25, 0.3) is 0 Å². The van der Waals surface area contributed by atoms with Gasteiger partial charge in [0.1, 0.15) is 0 Å². The standard InChI is InChI=1S/C12H21N3O/c1-8-9(10(16-5)15(4)14-8)12(6-7-12)11(2,3)13/h6-7,13H2,1-5H3. The molecule has 1 saturated carbocycles. The Morgan fingerprint density at radius 2 is 2.00 bits per heavy atom. The lowest BCUT2D eigenvalue weighted by atomic mass is 9.79. The third-order valence-electron chi connectivity index (χ3n) is 3.82. The molecule has 0 unspecified atom stereocenters. The fraction of sp³-hybridized carbons (Fsp3) is 0.750. The highest BCUT2D eigenvalue weighted by molar-refractivity contribution is 5.46. The second kappa shape index (κ2) is 3.23. The molecule has 2 rings (SSSR count). The van der Waals surface area contributed by atoms with Crippen molar-refractivity contribution in [2.45, 2.75) is 44.6 Å². The van der Waals surface area contributed by atoms with Crippen LogP contribution in [-0.2, 0) is 12.5 Å². The van der Waals surface area contributed by atoms with E-state index in [1.165, 1.54) is 5.56 Å². The quantitative estimate of drug-likeness (QED) is 0.845. The zero-order valence-corrected chi connectivity index (χ0v) is 10.8. The van der Waals surface area contributed by atoms with E-state index in [2.05, 4.69) is 18.9 Å². The molecule has 16 heavy (non-hydrogen) atoms. The van der Waals surface area contributed by atoms with Crippen LogP contribution in [0.5, 0.6) is 5.88 Å². The minimum Gasteiger partial charge on any atom is -0.481 e. The minimum atomic E-state index is -0.228. The molecule has 1 fully saturated rings. The molecular weight excluding hydrogens is 202 g/mol. The molecule has 0 aromatic carbocycles. The smallest absolute Gasteiger partial charge is 0.215 e. The van der Waals surface area contributed by atoms with Gasteiger partial charge in [0.25, 0.3) is 0 Å². The van der Waals surface area contributed by atoms with Crippen LogP contribution in [0, 0.1) is 6.92 Å². The highest BCUT2D eigenvalue weighted by atomic mass is 16.5. The molecule has 0 amide bonds. The number of nitrogens with two attached hydrogens (primary N) is 1. The van der Waals surface area contributed by atoms with Gasteiger partial charge in [-0.2, -0.15) is 5.10 Å². The Bertz CT molecular complexity index is 411. The first kappa shape index (κ1) is 11.5. The van der Waals surface area contributed by atoms with Crippen molar-refractivity contribution in [2.24, 2.45) is 12.8 Å². The summed E-state index contributed by atoms with van der Waals surface area (Å²) >= 11 is 0. The Morgan fingerprint density at radius 1 is 1.44 bits per heavy atom. The number of rotatable bonds is 3. The predicted molar refractivity (Wildman–Crippen MR) is 63.7 cm³/mol. The average molecular weight is 223 g/mol. The monoisotopic (exact) mass is 223 g/mol. The van der Waals surface area contributed by atoms with Crippen molar-refractivity contribution in [3.05, 3.63) is 11.3 Å². The predicted octanol–water partition coefficient (Wildman–Crippen LogP) is 1.51. The van der Waals surface area contributed by atoms with Gasteiger partial charge in [0.15, 0.2) is 0 Å². The van der Waals surface area contributed by atoms with Crippen LogP contribution < -0.4 is 10.5 Å². The third-order valence-corrected chi connectivity index (χ3v) is 3.82. The molecule has 0 spiro atoms. The first-order valence-electron chi connectivity index (χ1n) is 5.70. The summed E-state index contributed by atoms with van der Waals surface area (Å²) in [6, 6.07) is 0. The second-order valence-electron chi connectivity index (χ2n) is 5.40. The molecule has 0 radical (unpaired) electrons. The molecule has 1 aliphatic rings. The molecule has 0 aliphatic heterocycles. The highest BCUT2D eigenvalue weighted by Crippen LogP contribution is 2.57. The van der Waals surface area contributed by atoms with Gasteiger partial charge in [-0.25, -0.2) is 4.68 Å². The average Bonchev–Trinajstić information content (AvgIpc) is 2.88. The first-order chi connectivity index (χ1) is 7.33. The van der Waals surface area contributed by atoms with Crippen LogP contribution in [0.3, 0.4) is 0 Å². The summed E-state index contributed by atoms with van der Waals surface area (Å²) in [7, 11) is 3.61. The Labute approximate surface area is 96.8 Å². The molecule has 4 heteroatoms. The van der Waals surface area contributed by atoms with Crippen molar-refractivity contribution < 1.29 is 4.74 Å². The maximum Gasteiger partial charge on any atom is 0.215 e. The summed E-state index contributed by atoms with van der Waals surface area (Å²) in [6.07, 6.45) is 2.25. The van der Waals surface area contributed by atoms with Gasteiger partial charge in [0.05, 0.1) is 12.8 Å². The number of hydrogen-bond donors (Lipinski definition) is 1. The van der Waals surface area contributed by atoms with Gasteiger partial charge in [-0.3, -0.25) is 0 Å². The summed E-state index contributed by atoms with van der Waals surface area (Å²) < 4.78 is 7.27. The van der Waals surface area contributed by atoms with E-state index in [4.69, 9.17) is 10.5 Å². The molecule has 2 N–H and O–H groups in total. The van der Waals surface area contributed by atoms with Gasteiger partial charge >= 0.3 is 0 Å². The number of aromatic nitrogens is 2. The highest BCUT2D eigenvalue weighted by Gasteiger charge is 2.57. The van der Waals surface area contributed by atoms with Crippen molar-refractivity contribution in [3.63, 3.8) is 0 Å². The van der Waals surface area contributed by atoms with E-state index in [1.807, 2.05) is 14.0 Å². The maximum absolute atomic E-state index is 6.32. The van der Waals surface area contributed by atoms with Crippen molar-refractivity contribution in [1.82, 2.24) is 9.78 Å². The fourth-order valence-corrected chi connectivity index (χ4v) is 2.76. The Morgan fingerprint density at radius 3 is 2.38 bits per heavy atom. The first-order valence-corrected chi connectivity index (χ1v) is 5.70. The summed E-state index contributed by atoms with van der Waals surface area (Å²) in [5.74, 6) is 0.855. The van der Waals surface area contributed by atoms with E-state index < -0.39 is 0 Å². The van der Waals surface area contributed by atoms with Gasteiger partial charge in [-0.15, -0.1) is 0 Å². The molecule has 0 atom stereocenters. The molecule has 0 saturated heterocycles. The molecule has 1 heterocycles. The van der Waals surface area contributed by atoms with Crippen molar-refractivity contribution in [3.8, 4) is 5.88 Å². The maximum atomic E-state index is 6.32. The molecule has 4 nitrogen and oxygen atoms in total. The number of nitrogens with zero attached hydrogens (tertiary/aromatic N) is 2. The zero-order valence-electron chi connectivity index (χ0n) is 10.8. The van der Waals surface area contributed by atoms with E-state index in [0.29, 0.717) is 0 Å². The molecule has 1 aromatic heterocycles. The molecule has 1 aromatic rings. The van der Waals surface area contributed by atoms with Gasteiger partial charge in [-0.05, 0) is 33.6 Å². The summed E-state index contributed by atoms with van der Waals surface area (Å²) in [5, 5.41) is 4.44. The topological polar surface area (TPSA) is 53.1 Å². The normalized spacial score (nSPS) is 18.6. The van der Waals surface area contributed by atoms with Crippen molar-refractivity contribution in [1.29, 1.82) is 0 Å². The summed E-state index contributed by atoms with van der Waals surface area (Å²) in [6.45, 7) is 6.21. The van der Waals surface area contributed by atoms with Crippen LogP contribution in [0.15, 0.2) is 0 Å². The SMILES string of the molecule is COc1c(C2(C(C)(C)N)CC2)c(C)nn1C. The van der Waals surface area contributed by atoms with Crippen LogP contribution >= 0.6 is 0 Å². The van der Waals surface area contributed by atoms with E-state index in [1.54, 1.807) is 11.8 Å². The summed E-state index contributed by atoms with van der Waals surface area (Å²) in [4.78, 5) is 0. The van der Waals surface area contributed by atoms with Gasteiger partial charge in [0, 0.05) is 23.6 Å². The largest absolute Gasteiger partial charge is 0.481 e. The lowest BCUT2D eigenvalue weighted by Gasteiger charge is -2.31. The van der Waals surface area contributed by atoms with Gasteiger partial charge < -0.3 is 10.5 Å². The van der Waals surface area contributed by atoms with Crippen LogP contribution in [0.2, 0.25) is 0 Å². The van der Waals surface area contributed by atoms with E-state index in [9.17, 15) is 0 Å². The lowest BCUT2D eigenvalue weighted by Crippen LogP contribution is -2.45. The van der Waals surface area contributed by atoms with E-state index >= 15 is 0 Å². The number of ether oxygens (including phenoxy) is 1. The van der Waals surface area contributed by atoms with Crippen molar-refractivity contribution >= 4 is 0 Å². The second-order valence-corrected chi connectivity index (χ2v) is 5.40. The zero-order chi connectivity index (χ0) is 12.1. The fourth-order valence-electron chi connectivity index (χ4n) is 2.76. The molecule has 1 aliphatic carbocycles. The van der Waals surface area contributed by atoms with Crippen LogP contribution in [-0.4, -0.2) is 22.4 Å². The Kier molecular flexibility index (Phi) is 2.31. The van der Waals surface area contributed by atoms with Crippen molar-refractivity contribution in [2.75, 3.05) is 7.11 Å². The number of methoxy groups -OCH3 is 1. The molecule has 90 valence electrons. The van der Waals surface area contributed by atoms with Gasteiger partial charge in [0.2, 0.25) is 5.88 Å². The third kappa shape index (κ3) is 1.36. The molecular formula is C12H21N3O. The lowest BCUT2D eigenvalue weighted by molar-refractivity contribution is 0.341. The van der Waals surface area contributed by atoms with E-state index in [-0.39, 0.29) is 11.0 Å². The van der Waals surface area contributed by atoms with Gasteiger partial charge in [-0.1, -0.05) is 0 Å². The number of aryl methyl sites for hydroxylation is 2. The minimum absolute atomic E-state index is 0.0523. The molecule has 0 bridgehead atoms. The van der Waals surface area contributed by atoms with Crippen LogP contribution in [0.1, 0.15) is 37.9 Å². The summed E-state index contributed by atoms with van der Waals surface area (Å²) in [5.41, 5.74) is 8.38. The Hall–Kier alpha value is -1.03. The number of hydrogen-bond acceptors (Lipinski definition) is 3. The van der Waals surface area contributed by atoms with E-state index in [0.717, 1.165) is 24.4 Å². The van der Waals surface area contributed by atoms with Crippen LogP contribution in [0.4, 0.5) is 0 Å². The Balaban J connectivity index is 2.57.